The molecule has 88 valence electrons. The Morgan fingerprint density at radius 1 is 1.44 bits per heavy atom. The number of nitrogens with two attached hydrogens (primary N) is 1. The molecule has 0 unspecified atom stereocenters. The van der Waals surface area contributed by atoms with Crippen molar-refractivity contribution in [2.75, 3.05) is 24.2 Å². The van der Waals surface area contributed by atoms with Gasteiger partial charge >= 0.3 is 0 Å². The van der Waals surface area contributed by atoms with E-state index >= 15 is 0 Å². The highest BCUT2D eigenvalue weighted by molar-refractivity contribution is 7.99. The molecular weight excluding hydrogens is 216 g/mol. The van der Waals surface area contributed by atoms with Crippen molar-refractivity contribution >= 4 is 17.4 Å². The molecule has 3 N–H and O–H groups in total. The monoisotopic (exact) mass is 236 g/mol. The van der Waals surface area contributed by atoms with Crippen LogP contribution in [0.3, 0.4) is 0 Å². The molecule has 0 aromatic heterocycles. The number of fused-ring (bicyclic) bond motifs is 1. The summed E-state index contributed by atoms with van der Waals surface area (Å²) < 4.78 is 0. The molecule has 0 spiro atoms. The minimum atomic E-state index is 0.174. The van der Waals surface area contributed by atoms with Gasteiger partial charge in [-0.3, -0.25) is 0 Å². The van der Waals surface area contributed by atoms with Gasteiger partial charge in [-0.2, -0.15) is 0 Å². The van der Waals surface area contributed by atoms with Gasteiger partial charge < -0.3 is 11.1 Å². The maximum Gasteiger partial charge on any atom is 0.0481 e. The molecule has 0 amide bonds. The SMILES string of the molecule is CC(C)(CCN)c1ccc2c(c1)NCCS2. The van der Waals surface area contributed by atoms with E-state index in [9.17, 15) is 0 Å². The lowest BCUT2D eigenvalue weighted by Gasteiger charge is -2.27. The van der Waals surface area contributed by atoms with Gasteiger partial charge in [-0.15, -0.1) is 11.8 Å². The average molecular weight is 236 g/mol. The summed E-state index contributed by atoms with van der Waals surface area (Å²) in [5, 5.41) is 3.47. The van der Waals surface area contributed by atoms with Gasteiger partial charge in [-0.1, -0.05) is 19.9 Å². The second kappa shape index (κ2) is 4.68. The summed E-state index contributed by atoms with van der Waals surface area (Å²) in [5.41, 5.74) is 8.52. The number of anilines is 1. The largest absolute Gasteiger partial charge is 0.383 e. The first-order chi connectivity index (χ1) is 7.63. The predicted octanol–water partition coefficient (Wildman–Crippen LogP) is 2.83. The third kappa shape index (κ3) is 2.36. The minimum Gasteiger partial charge on any atom is -0.383 e. The fourth-order valence-corrected chi connectivity index (χ4v) is 2.94. The van der Waals surface area contributed by atoms with Crippen LogP contribution in [0.5, 0.6) is 0 Å². The van der Waals surface area contributed by atoms with E-state index in [0.717, 1.165) is 19.5 Å². The molecule has 0 saturated carbocycles. The molecule has 1 aromatic rings. The minimum absolute atomic E-state index is 0.174. The number of rotatable bonds is 3. The fraction of sp³-hybridized carbons (Fsp3) is 0.538. The molecule has 0 aliphatic carbocycles. The Morgan fingerprint density at radius 2 is 2.25 bits per heavy atom. The summed E-state index contributed by atoms with van der Waals surface area (Å²) in [6.45, 7) is 6.33. The van der Waals surface area contributed by atoms with Crippen LogP contribution in [0.2, 0.25) is 0 Å². The summed E-state index contributed by atoms with van der Waals surface area (Å²) in [6.07, 6.45) is 1.03. The van der Waals surface area contributed by atoms with Crippen LogP contribution in [0, 0.1) is 0 Å². The van der Waals surface area contributed by atoms with Gasteiger partial charge in [0.1, 0.15) is 0 Å². The van der Waals surface area contributed by atoms with Crippen molar-refractivity contribution < 1.29 is 0 Å². The van der Waals surface area contributed by atoms with Crippen LogP contribution in [0.15, 0.2) is 23.1 Å². The van der Waals surface area contributed by atoms with Gasteiger partial charge in [0.2, 0.25) is 0 Å². The van der Waals surface area contributed by atoms with Crippen molar-refractivity contribution in [1.82, 2.24) is 0 Å². The summed E-state index contributed by atoms with van der Waals surface area (Å²) in [5.74, 6) is 1.17. The van der Waals surface area contributed by atoms with Gasteiger partial charge in [0.15, 0.2) is 0 Å². The summed E-state index contributed by atoms with van der Waals surface area (Å²) >= 11 is 1.93. The topological polar surface area (TPSA) is 38.0 Å². The van der Waals surface area contributed by atoms with E-state index in [1.807, 2.05) is 11.8 Å². The van der Waals surface area contributed by atoms with Crippen LogP contribution in [0.25, 0.3) is 0 Å². The second-order valence-corrected chi connectivity index (χ2v) is 6.05. The summed E-state index contributed by atoms with van der Waals surface area (Å²) in [4.78, 5) is 1.37. The van der Waals surface area contributed by atoms with Gasteiger partial charge in [0.25, 0.3) is 0 Å². The first kappa shape index (κ1) is 11.8. The molecule has 0 atom stereocenters. The average Bonchev–Trinajstić information content (AvgIpc) is 2.28. The molecular formula is C13H20N2S. The van der Waals surface area contributed by atoms with Gasteiger partial charge in [0, 0.05) is 22.9 Å². The van der Waals surface area contributed by atoms with Gasteiger partial charge in [-0.05, 0) is 36.1 Å². The maximum atomic E-state index is 5.67. The molecule has 3 heteroatoms. The Bertz CT molecular complexity index is 374. The van der Waals surface area contributed by atoms with Crippen molar-refractivity contribution in [1.29, 1.82) is 0 Å². The van der Waals surface area contributed by atoms with Crippen LogP contribution in [0.1, 0.15) is 25.8 Å². The molecule has 1 aliphatic heterocycles. The van der Waals surface area contributed by atoms with Crippen molar-refractivity contribution in [3.05, 3.63) is 23.8 Å². The maximum absolute atomic E-state index is 5.67. The standard InChI is InChI=1S/C13H20N2S/c1-13(2,5-6-14)10-3-4-12-11(9-10)15-7-8-16-12/h3-4,9,15H,5-8,14H2,1-2H3. The molecule has 0 bridgehead atoms. The van der Waals surface area contributed by atoms with E-state index in [1.54, 1.807) is 0 Å². The fourth-order valence-electron chi connectivity index (χ4n) is 2.07. The molecule has 16 heavy (non-hydrogen) atoms. The number of hydrogen-bond acceptors (Lipinski definition) is 3. The summed E-state index contributed by atoms with van der Waals surface area (Å²) in [7, 11) is 0. The smallest absolute Gasteiger partial charge is 0.0481 e. The van der Waals surface area contributed by atoms with Crippen LogP contribution in [0.4, 0.5) is 5.69 Å². The van der Waals surface area contributed by atoms with E-state index in [0.29, 0.717) is 0 Å². The normalized spacial score (nSPS) is 15.4. The van der Waals surface area contributed by atoms with Crippen LogP contribution in [-0.4, -0.2) is 18.8 Å². The molecule has 1 aromatic carbocycles. The number of benzene rings is 1. The molecule has 0 saturated heterocycles. The van der Waals surface area contributed by atoms with Gasteiger partial charge in [-0.25, -0.2) is 0 Å². The lowest BCUT2D eigenvalue weighted by Crippen LogP contribution is -2.22. The van der Waals surface area contributed by atoms with Crippen molar-refractivity contribution in [3.8, 4) is 0 Å². The Kier molecular flexibility index (Phi) is 3.45. The van der Waals surface area contributed by atoms with E-state index < -0.39 is 0 Å². The van der Waals surface area contributed by atoms with E-state index in [1.165, 1.54) is 21.9 Å². The van der Waals surface area contributed by atoms with Crippen molar-refractivity contribution in [2.24, 2.45) is 5.73 Å². The molecule has 1 heterocycles. The molecule has 2 rings (SSSR count). The Morgan fingerprint density at radius 3 is 3.00 bits per heavy atom. The predicted molar refractivity (Wildman–Crippen MR) is 72.4 cm³/mol. The first-order valence-electron chi connectivity index (χ1n) is 5.85. The number of hydrogen-bond donors (Lipinski definition) is 2. The molecule has 2 nitrogen and oxygen atoms in total. The second-order valence-electron chi connectivity index (χ2n) is 4.91. The van der Waals surface area contributed by atoms with Crippen molar-refractivity contribution in [3.63, 3.8) is 0 Å². The number of nitrogens with one attached hydrogen (secondary N) is 1. The zero-order valence-electron chi connectivity index (χ0n) is 10.0. The third-order valence-corrected chi connectivity index (χ3v) is 4.28. The van der Waals surface area contributed by atoms with E-state index in [2.05, 4.69) is 37.4 Å². The highest BCUT2D eigenvalue weighted by Gasteiger charge is 2.21. The van der Waals surface area contributed by atoms with Gasteiger partial charge in [0.05, 0.1) is 0 Å². The first-order valence-corrected chi connectivity index (χ1v) is 6.83. The Hall–Kier alpha value is -0.670. The molecule has 0 fully saturated rings. The molecule has 1 aliphatic rings. The van der Waals surface area contributed by atoms with Crippen LogP contribution in [-0.2, 0) is 5.41 Å². The third-order valence-electron chi connectivity index (χ3n) is 3.21. The van der Waals surface area contributed by atoms with Crippen LogP contribution >= 0.6 is 11.8 Å². The van der Waals surface area contributed by atoms with E-state index in [-0.39, 0.29) is 5.41 Å². The zero-order valence-corrected chi connectivity index (χ0v) is 10.9. The Balaban J connectivity index is 2.29. The highest BCUT2D eigenvalue weighted by Crippen LogP contribution is 2.35. The highest BCUT2D eigenvalue weighted by atomic mass is 32.2. The zero-order chi connectivity index (χ0) is 11.6. The lowest BCUT2D eigenvalue weighted by molar-refractivity contribution is 0.487. The summed E-state index contributed by atoms with van der Waals surface area (Å²) in [6, 6.07) is 6.77. The van der Waals surface area contributed by atoms with Crippen LogP contribution < -0.4 is 11.1 Å². The van der Waals surface area contributed by atoms with E-state index in [4.69, 9.17) is 5.73 Å². The Labute approximate surface area is 102 Å². The molecule has 0 radical (unpaired) electrons. The quantitative estimate of drug-likeness (QED) is 0.847. The number of thioether (sulfide) groups is 1. The van der Waals surface area contributed by atoms with Crippen molar-refractivity contribution in [2.45, 2.75) is 30.6 Å². The lowest BCUT2D eigenvalue weighted by atomic mass is 9.81.